The molecule has 0 aromatic heterocycles. The quantitative estimate of drug-likeness (QED) is 0.835. The molecule has 112 valence electrons. The van der Waals surface area contributed by atoms with Gasteiger partial charge < -0.3 is 14.8 Å². The smallest absolute Gasteiger partial charge is 0.162 e. The van der Waals surface area contributed by atoms with E-state index >= 15 is 0 Å². The Morgan fingerprint density at radius 2 is 1.81 bits per heavy atom. The van der Waals surface area contributed by atoms with Gasteiger partial charge in [0.05, 0.1) is 7.11 Å². The van der Waals surface area contributed by atoms with E-state index in [-0.39, 0.29) is 6.10 Å². The lowest BCUT2D eigenvalue weighted by molar-refractivity contribution is 0.216. The molecule has 1 N–H and O–H groups in total. The van der Waals surface area contributed by atoms with E-state index in [9.17, 15) is 0 Å². The molecule has 0 aliphatic carbocycles. The van der Waals surface area contributed by atoms with E-state index in [1.165, 1.54) is 5.56 Å². The van der Waals surface area contributed by atoms with Crippen LogP contribution in [-0.4, -0.2) is 13.7 Å². The molecule has 0 saturated carbocycles. The fraction of sp³-hybridized carbons (Fsp3) is 0.333. The highest BCUT2D eigenvalue weighted by atomic mass is 16.5. The van der Waals surface area contributed by atoms with Gasteiger partial charge in [0.1, 0.15) is 6.10 Å². The zero-order chi connectivity index (χ0) is 15.1. The van der Waals surface area contributed by atoms with E-state index in [1.807, 2.05) is 37.3 Å². The Hall–Kier alpha value is -2.00. The number of methoxy groups -OCH3 is 1. The maximum absolute atomic E-state index is 6.04. The third-order valence-electron chi connectivity index (χ3n) is 3.38. The van der Waals surface area contributed by atoms with Crippen LogP contribution in [0, 0.1) is 0 Å². The average molecular weight is 285 g/mol. The highest BCUT2D eigenvalue weighted by Gasteiger charge is 2.11. The summed E-state index contributed by atoms with van der Waals surface area (Å²) >= 11 is 0. The van der Waals surface area contributed by atoms with Gasteiger partial charge in [-0.3, -0.25) is 0 Å². The molecule has 2 aromatic rings. The monoisotopic (exact) mass is 285 g/mol. The molecule has 2 aromatic carbocycles. The van der Waals surface area contributed by atoms with Gasteiger partial charge in [-0.1, -0.05) is 43.3 Å². The fourth-order valence-electron chi connectivity index (χ4n) is 2.17. The Morgan fingerprint density at radius 1 is 1.05 bits per heavy atom. The molecule has 0 amide bonds. The van der Waals surface area contributed by atoms with Gasteiger partial charge in [0.25, 0.3) is 0 Å². The first-order valence-electron chi connectivity index (χ1n) is 7.33. The highest BCUT2D eigenvalue weighted by molar-refractivity contribution is 5.43. The van der Waals surface area contributed by atoms with Crippen molar-refractivity contribution in [2.45, 2.75) is 26.5 Å². The predicted molar refractivity (Wildman–Crippen MR) is 85.9 cm³/mol. The normalized spacial score (nSPS) is 12.0. The van der Waals surface area contributed by atoms with Crippen LogP contribution in [0.2, 0.25) is 0 Å². The molecule has 1 atom stereocenters. The maximum atomic E-state index is 6.04. The number of ether oxygens (including phenoxy) is 2. The van der Waals surface area contributed by atoms with Crippen LogP contribution in [0.4, 0.5) is 0 Å². The lowest BCUT2D eigenvalue weighted by Gasteiger charge is -2.18. The SMILES string of the molecule is CCNCc1ccc(OC(C)c2ccccc2)c(OC)c1. The summed E-state index contributed by atoms with van der Waals surface area (Å²) < 4.78 is 11.5. The first-order valence-corrected chi connectivity index (χ1v) is 7.33. The maximum Gasteiger partial charge on any atom is 0.162 e. The van der Waals surface area contributed by atoms with Crippen molar-refractivity contribution in [3.63, 3.8) is 0 Å². The van der Waals surface area contributed by atoms with Crippen LogP contribution in [0.1, 0.15) is 31.1 Å². The fourth-order valence-corrected chi connectivity index (χ4v) is 2.17. The third kappa shape index (κ3) is 4.23. The van der Waals surface area contributed by atoms with E-state index in [4.69, 9.17) is 9.47 Å². The van der Waals surface area contributed by atoms with Crippen molar-refractivity contribution >= 4 is 0 Å². The van der Waals surface area contributed by atoms with E-state index in [0.29, 0.717) is 0 Å². The van der Waals surface area contributed by atoms with Crippen molar-refractivity contribution in [1.29, 1.82) is 0 Å². The van der Waals surface area contributed by atoms with Crippen molar-refractivity contribution < 1.29 is 9.47 Å². The molecule has 0 radical (unpaired) electrons. The van der Waals surface area contributed by atoms with Crippen molar-refractivity contribution in [1.82, 2.24) is 5.32 Å². The Kier molecular flexibility index (Phi) is 5.64. The zero-order valence-electron chi connectivity index (χ0n) is 12.9. The first kappa shape index (κ1) is 15.4. The number of rotatable bonds is 7. The van der Waals surface area contributed by atoms with Gasteiger partial charge in [-0.25, -0.2) is 0 Å². The molecule has 2 rings (SSSR count). The lowest BCUT2D eigenvalue weighted by Crippen LogP contribution is -2.12. The molecule has 0 spiro atoms. The summed E-state index contributed by atoms with van der Waals surface area (Å²) in [5, 5.41) is 3.31. The van der Waals surface area contributed by atoms with E-state index in [2.05, 4.69) is 30.4 Å². The van der Waals surface area contributed by atoms with Crippen LogP contribution in [0.15, 0.2) is 48.5 Å². The molecular formula is C18H23NO2. The van der Waals surface area contributed by atoms with Gasteiger partial charge in [0, 0.05) is 6.54 Å². The van der Waals surface area contributed by atoms with Crippen molar-refractivity contribution in [3.8, 4) is 11.5 Å². The topological polar surface area (TPSA) is 30.5 Å². The van der Waals surface area contributed by atoms with E-state index < -0.39 is 0 Å². The summed E-state index contributed by atoms with van der Waals surface area (Å²) in [5.74, 6) is 1.54. The summed E-state index contributed by atoms with van der Waals surface area (Å²) in [5.41, 5.74) is 2.34. The standard InChI is InChI=1S/C18H23NO2/c1-4-19-13-15-10-11-17(18(12-15)20-3)21-14(2)16-8-6-5-7-9-16/h5-12,14,19H,4,13H2,1-3H3. The van der Waals surface area contributed by atoms with Gasteiger partial charge in [-0.15, -0.1) is 0 Å². The van der Waals surface area contributed by atoms with Crippen molar-refractivity contribution in [3.05, 3.63) is 59.7 Å². The van der Waals surface area contributed by atoms with Gasteiger partial charge in [-0.2, -0.15) is 0 Å². The minimum absolute atomic E-state index is 0.0142. The first-order chi connectivity index (χ1) is 10.2. The Bertz CT molecular complexity index is 554. The van der Waals surface area contributed by atoms with E-state index in [1.54, 1.807) is 7.11 Å². The molecule has 0 aliphatic heterocycles. The van der Waals surface area contributed by atoms with Crippen molar-refractivity contribution in [2.24, 2.45) is 0 Å². The molecule has 21 heavy (non-hydrogen) atoms. The lowest BCUT2D eigenvalue weighted by atomic mass is 10.1. The van der Waals surface area contributed by atoms with Crippen LogP contribution < -0.4 is 14.8 Å². The van der Waals surface area contributed by atoms with Crippen LogP contribution in [0.3, 0.4) is 0 Å². The molecule has 3 nitrogen and oxygen atoms in total. The second-order valence-corrected chi connectivity index (χ2v) is 4.94. The second kappa shape index (κ2) is 7.70. The largest absolute Gasteiger partial charge is 0.493 e. The molecule has 0 aliphatic rings. The van der Waals surface area contributed by atoms with Gasteiger partial charge in [0.15, 0.2) is 11.5 Å². The summed E-state index contributed by atoms with van der Waals surface area (Å²) in [7, 11) is 1.67. The van der Waals surface area contributed by atoms with Gasteiger partial charge in [-0.05, 0) is 36.7 Å². The minimum atomic E-state index is -0.0142. The third-order valence-corrected chi connectivity index (χ3v) is 3.38. The summed E-state index contributed by atoms with van der Waals surface area (Å²) in [4.78, 5) is 0. The summed E-state index contributed by atoms with van der Waals surface area (Å²) in [6, 6.07) is 16.2. The molecule has 0 fully saturated rings. The summed E-state index contributed by atoms with van der Waals surface area (Å²) in [6.45, 7) is 5.92. The number of benzene rings is 2. The Morgan fingerprint density at radius 3 is 2.48 bits per heavy atom. The predicted octanol–water partition coefficient (Wildman–Crippen LogP) is 3.94. The molecule has 0 heterocycles. The molecule has 0 bridgehead atoms. The molecule has 0 saturated heterocycles. The molecule has 1 unspecified atom stereocenters. The number of hydrogen-bond donors (Lipinski definition) is 1. The van der Waals surface area contributed by atoms with Crippen LogP contribution in [0.25, 0.3) is 0 Å². The van der Waals surface area contributed by atoms with Gasteiger partial charge in [0.2, 0.25) is 0 Å². The summed E-state index contributed by atoms with van der Waals surface area (Å²) in [6.07, 6.45) is -0.0142. The van der Waals surface area contributed by atoms with E-state index in [0.717, 1.165) is 30.2 Å². The highest BCUT2D eigenvalue weighted by Crippen LogP contribution is 2.32. The number of hydrogen-bond acceptors (Lipinski definition) is 3. The second-order valence-electron chi connectivity index (χ2n) is 4.94. The average Bonchev–Trinajstić information content (AvgIpc) is 2.54. The zero-order valence-corrected chi connectivity index (χ0v) is 12.9. The molecule has 3 heteroatoms. The Labute approximate surface area is 126 Å². The molecular weight excluding hydrogens is 262 g/mol. The minimum Gasteiger partial charge on any atom is -0.493 e. The van der Waals surface area contributed by atoms with Gasteiger partial charge >= 0.3 is 0 Å². The van der Waals surface area contributed by atoms with Crippen LogP contribution >= 0.6 is 0 Å². The van der Waals surface area contributed by atoms with Crippen LogP contribution in [-0.2, 0) is 6.54 Å². The Balaban J connectivity index is 2.12. The number of nitrogens with one attached hydrogen (secondary N) is 1. The van der Waals surface area contributed by atoms with Crippen molar-refractivity contribution in [2.75, 3.05) is 13.7 Å². The van der Waals surface area contributed by atoms with Crippen LogP contribution in [0.5, 0.6) is 11.5 Å².